The fourth-order valence-corrected chi connectivity index (χ4v) is 1.22. The van der Waals surface area contributed by atoms with Crippen LogP contribution in [0.1, 0.15) is 0 Å². The lowest BCUT2D eigenvalue weighted by Crippen LogP contribution is -2.40. The van der Waals surface area contributed by atoms with Gasteiger partial charge in [0.25, 0.3) is 12.5 Å². The molecule has 1 saturated heterocycles. The molecule has 0 bridgehead atoms. The predicted octanol–water partition coefficient (Wildman–Crippen LogP) is -1.93. The molecule has 1 fully saturated rings. The van der Waals surface area contributed by atoms with Gasteiger partial charge in [0.05, 0.1) is 6.54 Å². The van der Waals surface area contributed by atoms with Crippen molar-refractivity contribution in [3.63, 3.8) is 0 Å². The van der Waals surface area contributed by atoms with Gasteiger partial charge in [0.1, 0.15) is 0 Å². The van der Waals surface area contributed by atoms with Crippen LogP contribution in [-0.4, -0.2) is 56.5 Å². The second-order valence-corrected chi connectivity index (χ2v) is 3.21. The standard InChI is InChI=1S/C8H16N4O2/c13-8-7-12(14)6-5-10-2-1-9-3-4-11-8/h9-10H,1-7H2/p+1. The number of carbonyl (C=O) groups excluding carboxylic acids is 1. The smallest absolute Gasteiger partial charge is 0.290 e. The van der Waals surface area contributed by atoms with E-state index < -0.39 is 0 Å². The molecule has 6 nitrogen and oxygen atoms in total. The van der Waals surface area contributed by atoms with Crippen molar-refractivity contribution in [2.75, 3.05) is 45.8 Å². The molecule has 80 valence electrons. The summed E-state index contributed by atoms with van der Waals surface area (Å²) in [6.45, 7) is 3.93. The van der Waals surface area contributed by atoms with Crippen molar-refractivity contribution < 1.29 is 9.55 Å². The maximum Gasteiger partial charge on any atom is 0.290 e. The van der Waals surface area contributed by atoms with Crippen molar-refractivity contribution in [2.45, 2.75) is 0 Å². The van der Waals surface area contributed by atoms with Crippen molar-refractivity contribution in [3.05, 3.63) is 4.91 Å². The summed E-state index contributed by atoms with van der Waals surface area (Å²) in [5.74, 6) is -0.206. The molecular formula is C8H17N4O2+. The van der Waals surface area contributed by atoms with Gasteiger partial charge < -0.3 is 16.0 Å². The Bertz CT molecular complexity index is 188. The normalized spacial score (nSPS) is 22.0. The fraction of sp³-hybridized carbons (Fsp3) is 0.875. The van der Waals surface area contributed by atoms with Crippen LogP contribution in [0.15, 0.2) is 0 Å². The predicted molar refractivity (Wildman–Crippen MR) is 52.1 cm³/mol. The van der Waals surface area contributed by atoms with Gasteiger partial charge in [-0.05, 0) is 0 Å². The van der Waals surface area contributed by atoms with E-state index in [4.69, 9.17) is 0 Å². The van der Waals surface area contributed by atoms with Crippen LogP contribution < -0.4 is 16.0 Å². The SMILES string of the molecule is O=C1C[N+](=O)CCNCCNCCN1. The van der Waals surface area contributed by atoms with Crippen molar-refractivity contribution in [1.29, 1.82) is 0 Å². The summed E-state index contributed by atoms with van der Waals surface area (Å²) in [6.07, 6.45) is 0. The van der Waals surface area contributed by atoms with E-state index in [-0.39, 0.29) is 12.5 Å². The highest BCUT2D eigenvalue weighted by atomic mass is 16.3. The Morgan fingerprint density at radius 1 is 1.00 bits per heavy atom. The Balaban J connectivity index is 2.30. The number of amides is 1. The first-order valence-electron chi connectivity index (χ1n) is 4.89. The highest BCUT2D eigenvalue weighted by Gasteiger charge is 2.14. The van der Waals surface area contributed by atoms with E-state index >= 15 is 0 Å². The second kappa shape index (κ2) is 6.44. The van der Waals surface area contributed by atoms with Gasteiger partial charge in [-0.25, -0.2) is 0 Å². The van der Waals surface area contributed by atoms with Crippen LogP contribution in [0.2, 0.25) is 0 Å². The maximum absolute atomic E-state index is 11.1. The number of nitroso groups, excluding NO2 is 1. The third kappa shape index (κ3) is 4.88. The van der Waals surface area contributed by atoms with Gasteiger partial charge >= 0.3 is 0 Å². The van der Waals surface area contributed by atoms with Crippen LogP contribution in [0.3, 0.4) is 0 Å². The van der Waals surface area contributed by atoms with Gasteiger partial charge in [0, 0.05) is 35.8 Å². The van der Waals surface area contributed by atoms with E-state index in [1.807, 2.05) is 0 Å². The summed E-state index contributed by atoms with van der Waals surface area (Å²) in [7, 11) is 0. The quantitative estimate of drug-likeness (QED) is 0.399. The number of hydrogen-bond acceptors (Lipinski definition) is 4. The number of carbonyl (C=O) groups is 1. The van der Waals surface area contributed by atoms with Crippen LogP contribution in [0.4, 0.5) is 0 Å². The maximum atomic E-state index is 11.1. The largest absolute Gasteiger partial charge is 0.349 e. The molecule has 0 aromatic carbocycles. The number of nitrogens with one attached hydrogen (secondary N) is 3. The molecule has 6 heteroatoms. The number of hydrogen-bond donors (Lipinski definition) is 3. The van der Waals surface area contributed by atoms with Crippen molar-refractivity contribution in [3.8, 4) is 0 Å². The van der Waals surface area contributed by atoms with Gasteiger partial charge in [-0.2, -0.15) is 0 Å². The van der Waals surface area contributed by atoms with Crippen LogP contribution in [0, 0.1) is 4.91 Å². The zero-order valence-corrected chi connectivity index (χ0v) is 8.21. The molecule has 0 aliphatic carbocycles. The molecule has 1 aliphatic heterocycles. The Morgan fingerprint density at radius 2 is 1.64 bits per heavy atom. The minimum atomic E-state index is -0.206. The van der Waals surface area contributed by atoms with Crippen LogP contribution in [-0.2, 0) is 4.79 Å². The summed E-state index contributed by atoms with van der Waals surface area (Å²) in [4.78, 5) is 22.2. The highest BCUT2D eigenvalue weighted by molar-refractivity contribution is 5.76. The molecule has 14 heavy (non-hydrogen) atoms. The van der Waals surface area contributed by atoms with Crippen LogP contribution >= 0.6 is 0 Å². The van der Waals surface area contributed by atoms with Crippen LogP contribution in [0.5, 0.6) is 0 Å². The van der Waals surface area contributed by atoms with E-state index in [2.05, 4.69) is 16.0 Å². The minimum absolute atomic E-state index is 0.0678. The minimum Gasteiger partial charge on any atom is -0.349 e. The molecule has 3 N–H and O–H groups in total. The van der Waals surface area contributed by atoms with E-state index in [1.54, 1.807) is 0 Å². The molecular weight excluding hydrogens is 184 g/mol. The molecule has 0 unspecified atom stereocenters. The zero-order valence-electron chi connectivity index (χ0n) is 8.21. The second-order valence-electron chi connectivity index (χ2n) is 3.21. The molecule has 1 rings (SSSR count). The summed E-state index contributed by atoms with van der Waals surface area (Å²) in [5.41, 5.74) is 0. The van der Waals surface area contributed by atoms with E-state index in [9.17, 15) is 9.70 Å². The number of rotatable bonds is 0. The van der Waals surface area contributed by atoms with Crippen molar-refractivity contribution in [2.24, 2.45) is 0 Å². The molecule has 0 aromatic heterocycles. The lowest BCUT2D eigenvalue weighted by molar-refractivity contribution is -0.535. The Morgan fingerprint density at radius 3 is 2.43 bits per heavy atom. The molecule has 1 heterocycles. The molecule has 1 aliphatic rings. The lowest BCUT2D eigenvalue weighted by atomic mass is 10.4. The van der Waals surface area contributed by atoms with Gasteiger partial charge in [-0.3, -0.25) is 4.79 Å². The summed E-state index contributed by atoms with van der Waals surface area (Å²) in [6, 6.07) is 0. The molecule has 0 saturated carbocycles. The van der Waals surface area contributed by atoms with E-state index in [0.717, 1.165) is 24.4 Å². The average molecular weight is 201 g/mol. The Labute approximate surface area is 83.0 Å². The molecule has 0 spiro atoms. The summed E-state index contributed by atoms with van der Waals surface area (Å²) >= 11 is 0. The van der Waals surface area contributed by atoms with Gasteiger partial charge in [-0.15, -0.1) is 0 Å². The molecule has 0 atom stereocenters. The van der Waals surface area contributed by atoms with Gasteiger partial charge in [0.15, 0.2) is 0 Å². The average Bonchev–Trinajstić information content (AvgIpc) is 2.13. The lowest BCUT2D eigenvalue weighted by Gasteiger charge is -2.07. The molecule has 0 aromatic rings. The first kappa shape index (κ1) is 11.1. The topological polar surface area (TPSA) is 73.2 Å². The first-order chi connectivity index (χ1) is 6.79. The van der Waals surface area contributed by atoms with Crippen molar-refractivity contribution in [1.82, 2.24) is 16.0 Å². The Kier molecular flexibility index (Phi) is 5.09. The monoisotopic (exact) mass is 201 g/mol. The van der Waals surface area contributed by atoms with E-state index in [0.29, 0.717) is 19.6 Å². The zero-order chi connectivity index (χ0) is 10.2. The van der Waals surface area contributed by atoms with Crippen LogP contribution in [0.25, 0.3) is 0 Å². The highest BCUT2D eigenvalue weighted by Crippen LogP contribution is 1.76. The third-order valence-corrected chi connectivity index (χ3v) is 1.96. The van der Waals surface area contributed by atoms with Crippen molar-refractivity contribution >= 4 is 5.91 Å². The summed E-state index contributed by atoms with van der Waals surface area (Å²) < 4.78 is 0.775. The van der Waals surface area contributed by atoms with Gasteiger partial charge in [0.2, 0.25) is 6.54 Å². The fourth-order valence-electron chi connectivity index (χ4n) is 1.22. The van der Waals surface area contributed by atoms with E-state index in [1.165, 1.54) is 0 Å². The Hall–Kier alpha value is -1.01. The van der Waals surface area contributed by atoms with Gasteiger partial charge in [-0.1, -0.05) is 0 Å². The molecule has 1 amide bonds. The first-order valence-corrected chi connectivity index (χ1v) is 4.89. The number of nitrogens with zero attached hydrogens (tertiary/aromatic N) is 1. The molecule has 0 radical (unpaired) electrons. The third-order valence-electron chi connectivity index (χ3n) is 1.96. The summed E-state index contributed by atoms with van der Waals surface area (Å²) in [5, 5.41) is 8.95.